The summed E-state index contributed by atoms with van der Waals surface area (Å²) in [6.07, 6.45) is 0. The lowest BCUT2D eigenvalue weighted by Gasteiger charge is -2.16. The van der Waals surface area contributed by atoms with Gasteiger partial charge in [0.1, 0.15) is 23.1 Å². The SMILES string of the molecule is COc1ccc(NC2=C(c3ccccc3)C(=O)N(c3ccc(F)cc3F)C2=O)cc1. The molecule has 0 atom stereocenters. The summed E-state index contributed by atoms with van der Waals surface area (Å²) in [7, 11) is 1.53. The molecule has 1 N–H and O–H groups in total. The average Bonchev–Trinajstić information content (AvgIpc) is 2.99. The number of hydrogen-bond acceptors (Lipinski definition) is 4. The van der Waals surface area contributed by atoms with Gasteiger partial charge in [-0.15, -0.1) is 0 Å². The summed E-state index contributed by atoms with van der Waals surface area (Å²) in [5.41, 5.74) is 0.824. The van der Waals surface area contributed by atoms with Crippen molar-refractivity contribution in [1.29, 1.82) is 0 Å². The Morgan fingerprint density at radius 2 is 1.57 bits per heavy atom. The monoisotopic (exact) mass is 406 g/mol. The fraction of sp³-hybridized carbons (Fsp3) is 0.0435. The predicted octanol–water partition coefficient (Wildman–Crippen LogP) is 4.37. The molecule has 1 aliphatic heterocycles. The van der Waals surface area contributed by atoms with Crippen LogP contribution >= 0.6 is 0 Å². The highest BCUT2D eigenvalue weighted by Gasteiger charge is 2.41. The molecule has 0 aromatic heterocycles. The molecule has 0 saturated carbocycles. The Labute approximate surface area is 171 Å². The van der Waals surface area contributed by atoms with Crippen LogP contribution in [0.1, 0.15) is 5.56 Å². The van der Waals surface area contributed by atoms with Crippen LogP contribution in [0.15, 0.2) is 78.5 Å². The number of amides is 2. The largest absolute Gasteiger partial charge is 0.497 e. The Morgan fingerprint density at radius 3 is 2.20 bits per heavy atom. The Morgan fingerprint density at radius 1 is 0.867 bits per heavy atom. The number of carbonyl (C=O) groups excluding carboxylic acids is 2. The summed E-state index contributed by atoms with van der Waals surface area (Å²) in [5.74, 6) is -2.62. The Bertz CT molecular complexity index is 1160. The molecule has 0 bridgehead atoms. The van der Waals surface area contributed by atoms with Gasteiger partial charge in [-0.25, -0.2) is 13.7 Å². The highest BCUT2D eigenvalue weighted by Crippen LogP contribution is 2.35. The number of imide groups is 1. The highest BCUT2D eigenvalue weighted by molar-refractivity contribution is 6.46. The second kappa shape index (κ2) is 7.79. The molecule has 1 heterocycles. The van der Waals surface area contributed by atoms with Gasteiger partial charge in [-0.2, -0.15) is 0 Å². The van der Waals surface area contributed by atoms with Gasteiger partial charge in [-0.3, -0.25) is 9.59 Å². The molecule has 0 fully saturated rings. The van der Waals surface area contributed by atoms with E-state index in [9.17, 15) is 18.4 Å². The van der Waals surface area contributed by atoms with Crippen molar-refractivity contribution < 1.29 is 23.1 Å². The van der Waals surface area contributed by atoms with Crippen LogP contribution in [0.25, 0.3) is 5.57 Å². The molecule has 0 spiro atoms. The van der Waals surface area contributed by atoms with Crippen molar-refractivity contribution in [1.82, 2.24) is 0 Å². The first-order chi connectivity index (χ1) is 14.5. The number of benzene rings is 3. The maximum absolute atomic E-state index is 14.4. The minimum absolute atomic E-state index is 0.0000850. The number of hydrogen-bond donors (Lipinski definition) is 1. The van der Waals surface area contributed by atoms with E-state index >= 15 is 0 Å². The third kappa shape index (κ3) is 3.41. The van der Waals surface area contributed by atoms with Gasteiger partial charge in [-0.1, -0.05) is 30.3 Å². The zero-order valence-electron chi connectivity index (χ0n) is 15.9. The normalized spacial score (nSPS) is 13.8. The summed E-state index contributed by atoms with van der Waals surface area (Å²) in [4.78, 5) is 27.1. The van der Waals surface area contributed by atoms with E-state index in [0.29, 0.717) is 28.0 Å². The number of rotatable bonds is 5. The molecule has 3 aromatic rings. The van der Waals surface area contributed by atoms with Crippen LogP contribution in [0.2, 0.25) is 0 Å². The molecule has 5 nitrogen and oxygen atoms in total. The van der Waals surface area contributed by atoms with Crippen molar-refractivity contribution in [3.8, 4) is 5.75 Å². The standard InChI is InChI=1S/C23H16F2N2O3/c1-30-17-10-8-16(9-11-17)26-21-20(14-5-3-2-4-6-14)22(28)27(23(21)29)19-12-7-15(24)13-18(19)25/h2-13,26H,1H3. The van der Waals surface area contributed by atoms with Gasteiger partial charge in [0.25, 0.3) is 11.8 Å². The van der Waals surface area contributed by atoms with Gasteiger partial charge in [0.05, 0.1) is 18.4 Å². The van der Waals surface area contributed by atoms with E-state index in [1.165, 1.54) is 7.11 Å². The maximum atomic E-state index is 14.4. The Balaban J connectivity index is 1.80. The van der Waals surface area contributed by atoms with Crippen LogP contribution in [-0.4, -0.2) is 18.9 Å². The average molecular weight is 406 g/mol. The summed E-state index contributed by atoms with van der Waals surface area (Å²) in [6.45, 7) is 0. The van der Waals surface area contributed by atoms with Crippen molar-refractivity contribution >= 4 is 28.8 Å². The van der Waals surface area contributed by atoms with Crippen LogP contribution in [-0.2, 0) is 9.59 Å². The minimum Gasteiger partial charge on any atom is -0.497 e. The maximum Gasteiger partial charge on any atom is 0.282 e. The van der Waals surface area contributed by atoms with E-state index in [1.807, 2.05) is 0 Å². The molecule has 30 heavy (non-hydrogen) atoms. The number of halogens is 2. The Hall–Kier alpha value is -4.00. The lowest BCUT2D eigenvalue weighted by Crippen LogP contribution is -2.33. The van der Waals surface area contributed by atoms with E-state index in [-0.39, 0.29) is 17.0 Å². The third-order valence-electron chi connectivity index (χ3n) is 4.66. The van der Waals surface area contributed by atoms with Gasteiger partial charge >= 0.3 is 0 Å². The zero-order chi connectivity index (χ0) is 21.3. The molecule has 150 valence electrons. The molecule has 0 unspecified atom stereocenters. The molecule has 7 heteroatoms. The van der Waals surface area contributed by atoms with Gasteiger partial charge in [0, 0.05) is 11.8 Å². The number of carbonyl (C=O) groups is 2. The molecule has 0 saturated heterocycles. The summed E-state index contributed by atoms with van der Waals surface area (Å²) in [6, 6.07) is 18.1. The number of nitrogens with zero attached hydrogens (tertiary/aromatic N) is 1. The quantitative estimate of drug-likeness (QED) is 0.640. The number of ether oxygens (including phenoxy) is 1. The van der Waals surface area contributed by atoms with Crippen molar-refractivity contribution in [3.63, 3.8) is 0 Å². The zero-order valence-corrected chi connectivity index (χ0v) is 15.9. The van der Waals surface area contributed by atoms with Crippen LogP contribution in [0.4, 0.5) is 20.2 Å². The van der Waals surface area contributed by atoms with Crippen molar-refractivity contribution in [2.75, 3.05) is 17.3 Å². The van der Waals surface area contributed by atoms with E-state index in [4.69, 9.17) is 4.74 Å². The number of nitrogens with one attached hydrogen (secondary N) is 1. The van der Waals surface area contributed by atoms with E-state index < -0.39 is 23.4 Å². The second-order valence-corrected chi connectivity index (χ2v) is 6.51. The molecule has 1 aliphatic rings. The van der Waals surface area contributed by atoms with E-state index in [0.717, 1.165) is 12.1 Å². The summed E-state index contributed by atoms with van der Waals surface area (Å²) in [5, 5.41) is 2.97. The van der Waals surface area contributed by atoms with Crippen LogP contribution in [0, 0.1) is 11.6 Å². The molecule has 4 rings (SSSR count). The molecule has 0 radical (unpaired) electrons. The van der Waals surface area contributed by atoms with Crippen molar-refractivity contribution in [3.05, 3.63) is 95.7 Å². The summed E-state index contributed by atoms with van der Waals surface area (Å²) >= 11 is 0. The van der Waals surface area contributed by atoms with Gasteiger partial charge < -0.3 is 10.1 Å². The highest BCUT2D eigenvalue weighted by atomic mass is 19.1. The first-order valence-electron chi connectivity index (χ1n) is 9.04. The van der Waals surface area contributed by atoms with Crippen LogP contribution < -0.4 is 15.0 Å². The van der Waals surface area contributed by atoms with Gasteiger partial charge in [-0.05, 0) is 42.0 Å². The van der Waals surface area contributed by atoms with Crippen molar-refractivity contribution in [2.45, 2.75) is 0 Å². The lowest BCUT2D eigenvalue weighted by molar-refractivity contribution is -0.120. The van der Waals surface area contributed by atoms with Crippen LogP contribution in [0.3, 0.4) is 0 Å². The summed E-state index contributed by atoms with van der Waals surface area (Å²) < 4.78 is 32.8. The fourth-order valence-corrected chi connectivity index (χ4v) is 3.22. The predicted molar refractivity (Wildman–Crippen MR) is 109 cm³/mol. The van der Waals surface area contributed by atoms with E-state index in [1.54, 1.807) is 54.6 Å². The molecule has 2 amide bonds. The smallest absolute Gasteiger partial charge is 0.282 e. The first-order valence-corrected chi connectivity index (χ1v) is 9.04. The lowest BCUT2D eigenvalue weighted by atomic mass is 10.0. The topological polar surface area (TPSA) is 58.6 Å². The number of methoxy groups -OCH3 is 1. The molecular formula is C23H16F2N2O3. The van der Waals surface area contributed by atoms with Crippen LogP contribution in [0.5, 0.6) is 5.75 Å². The molecule has 3 aromatic carbocycles. The van der Waals surface area contributed by atoms with E-state index in [2.05, 4.69) is 5.32 Å². The minimum atomic E-state index is -1.00. The fourth-order valence-electron chi connectivity index (χ4n) is 3.22. The number of anilines is 2. The molecular weight excluding hydrogens is 390 g/mol. The Kier molecular flexibility index (Phi) is 5.02. The van der Waals surface area contributed by atoms with Gasteiger partial charge in [0.2, 0.25) is 0 Å². The molecule has 0 aliphatic carbocycles. The third-order valence-corrected chi connectivity index (χ3v) is 4.66. The van der Waals surface area contributed by atoms with Gasteiger partial charge in [0.15, 0.2) is 0 Å². The van der Waals surface area contributed by atoms with Crippen molar-refractivity contribution in [2.24, 2.45) is 0 Å². The second-order valence-electron chi connectivity index (χ2n) is 6.51. The first kappa shape index (κ1) is 19.3.